The van der Waals surface area contributed by atoms with Gasteiger partial charge in [-0.05, 0) is 36.9 Å². The van der Waals surface area contributed by atoms with Crippen molar-refractivity contribution in [2.75, 3.05) is 18.9 Å². The van der Waals surface area contributed by atoms with Gasteiger partial charge in [0.05, 0.1) is 17.8 Å². The zero-order chi connectivity index (χ0) is 22.4. The van der Waals surface area contributed by atoms with Gasteiger partial charge in [-0.3, -0.25) is 14.5 Å². The van der Waals surface area contributed by atoms with Gasteiger partial charge in [-0.2, -0.15) is 13.2 Å². The molecule has 0 atom stereocenters. The highest BCUT2D eigenvalue weighted by Crippen LogP contribution is 2.29. The highest BCUT2D eigenvalue weighted by Gasteiger charge is 2.29. The minimum absolute atomic E-state index is 0.00881. The van der Waals surface area contributed by atoms with E-state index in [0.29, 0.717) is 28.9 Å². The van der Waals surface area contributed by atoms with Crippen LogP contribution in [-0.2, 0) is 17.5 Å². The number of amides is 1. The molecule has 0 aliphatic carbocycles. The van der Waals surface area contributed by atoms with Crippen molar-refractivity contribution in [3.8, 4) is 0 Å². The fourth-order valence-corrected chi connectivity index (χ4v) is 3.14. The van der Waals surface area contributed by atoms with E-state index in [1.165, 1.54) is 12.1 Å². The maximum atomic E-state index is 12.8. The van der Waals surface area contributed by atoms with E-state index in [1.807, 2.05) is 6.07 Å². The number of alkyl halides is 3. The Labute approximate surface area is 178 Å². The Bertz CT molecular complexity index is 1050. The number of rotatable bonds is 7. The van der Waals surface area contributed by atoms with E-state index in [0.717, 1.165) is 12.1 Å². The summed E-state index contributed by atoms with van der Waals surface area (Å²) in [6, 6.07) is 20.4. The molecule has 1 N–H and O–H groups in total. The number of halogens is 3. The monoisotopic (exact) mass is 426 g/mol. The molecule has 0 unspecified atom stereocenters. The van der Waals surface area contributed by atoms with Gasteiger partial charge in [-0.1, -0.05) is 54.6 Å². The number of hydrogen-bond donors (Lipinski definition) is 1. The molecule has 0 aromatic heterocycles. The predicted molar refractivity (Wildman–Crippen MR) is 113 cm³/mol. The standard InChI is InChI=1S/C24H21F3N2O2/c1-29(15-17-11-13-19(14-12-17)24(25,26)27)16-22(30)28-21-10-6-5-9-20(21)23(31)18-7-3-2-4-8-18/h2-14H,15-16H2,1H3,(H,28,30). The topological polar surface area (TPSA) is 49.4 Å². The van der Waals surface area contributed by atoms with Gasteiger partial charge in [0, 0.05) is 17.7 Å². The van der Waals surface area contributed by atoms with E-state index in [2.05, 4.69) is 5.32 Å². The first-order chi connectivity index (χ1) is 14.7. The van der Waals surface area contributed by atoms with Gasteiger partial charge in [-0.15, -0.1) is 0 Å². The summed E-state index contributed by atoms with van der Waals surface area (Å²) in [5.41, 5.74) is 1.25. The Morgan fingerprint density at radius 1 is 0.871 bits per heavy atom. The van der Waals surface area contributed by atoms with Crippen molar-refractivity contribution in [3.63, 3.8) is 0 Å². The molecule has 1 amide bonds. The van der Waals surface area contributed by atoms with Crippen LogP contribution in [0.3, 0.4) is 0 Å². The lowest BCUT2D eigenvalue weighted by Gasteiger charge is -2.17. The summed E-state index contributed by atoms with van der Waals surface area (Å²) in [6.45, 7) is 0.311. The molecule has 0 saturated heterocycles. The van der Waals surface area contributed by atoms with E-state index in [4.69, 9.17) is 0 Å². The second kappa shape index (κ2) is 9.57. The number of carbonyl (C=O) groups is 2. The third kappa shape index (κ3) is 6.02. The average Bonchev–Trinajstić information content (AvgIpc) is 2.74. The maximum Gasteiger partial charge on any atom is 0.416 e. The number of nitrogens with zero attached hydrogens (tertiary/aromatic N) is 1. The van der Waals surface area contributed by atoms with Gasteiger partial charge in [0.15, 0.2) is 5.78 Å². The molecule has 0 radical (unpaired) electrons. The molecule has 7 heteroatoms. The molecular weight excluding hydrogens is 405 g/mol. The first kappa shape index (κ1) is 22.2. The number of benzene rings is 3. The third-order valence-electron chi connectivity index (χ3n) is 4.63. The quantitative estimate of drug-likeness (QED) is 0.541. The summed E-state index contributed by atoms with van der Waals surface area (Å²) >= 11 is 0. The number of anilines is 1. The molecule has 3 aromatic rings. The fraction of sp³-hybridized carbons (Fsp3) is 0.167. The Balaban J connectivity index is 1.63. The van der Waals surface area contributed by atoms with Crippen LogP contribution >= 0.6 is 0 Å². The van der Waals surface area contributed by atoms with Crippen LogP contribution in [0.15, 0.2) is 78.9 Å². The molecule has 4 nitrogen and oxygen atoms in total. The largest absolute Gasteiger partial charge is 0.416 e. The van der Waals surface area contributed by atoms with E-state index >= 15 is 0 Å². The first-order valence-electron chi connectivity index (χ1n) is 9.57. The number of hydrogen-bond acceptors (Lipinski definition) is 3. The number of carbonyl (C=O) groups excluding carboxylic acids is 2. The number of nitrogens with one attached hydrogen (secondary N) is 1. The van der Waals surface area contributed by atoms with Gasteiger partial charge in [0.1, 0.15) is 0 Å². The number of likely N-dealkylation sites (N-methyl/N-ethyl adjacent to an activating group) is 1. The van der Waals surface area contributed by atoms with Crippen molar-refractivity contribution >= 4 is 17.4 Å². The molecule has 0 aliphatic heterocycles. The zero-order valence-electron chi connectivity index (χ0n) is 16.8. The summed E-state index contributed by atoms with van der Waals surface area (Å²) in [7, 11) is 1.69. The Morgan fingerprint density at radius 2 is 1.48 bits per heavy atom. The van der Waals surface area contributed by atoms with Crippen LogP contribution < -0.4 is 5.32 Å². The van der Waals surface area contributed by atoms with E-state index < -0.39 is 11.7 Å². The Morgan fingerprint density at radius 3 is 2.13 bits per heavy atom. The van der Waals surface area contributed by atoms with Crippen LogP contribution in [0.2, 0.25) is 0 Å². The van der Waals surface area contributed by atoms with Crippen LogP contribution in [0, 0.1) is 0 Å². The zero-order valence-corrected chi connectivity index (χ0v) is 16.8. The maximum absolute atomic E-state index is 12.8. The molecule has 160 valence electrons. The smallest absolute Gasteiger partial charge is 0.324 e. The second-order valence-electron chi connectivity index (χ2n) is 7.16. The molecule has 3 aromatic carbocycles. The fourth-order valence-electron chi connectivity index (χ4n) is 3.14. The first-order valence-corrected chi connectivity index (χ1v) is 9.57. The molecule has 0 heterocycles. The molecule has 0 saturated carbocycles. The van der Waals surface area contributed by atoms with Gasteiger partial charge >= 0.3 is 6.18 Å². The van der Waals surface area contributed by atoms with Crippen molar-refractivity contribution < 1.29 is 22.8 Å². The van der Waals surface area contributed by atoms with Crippen molar-refractivity contribution in [1.29, 1.82) is 0 Å². The van der Waals surface area contributed by atoms with Crippen LogP contribution in [0.1, 0.15) is 27.0 Å². The predicted octanol–water partition coefficient (Wildman–Crippen LogP) is 5.01. The normalized spacial score (nSPS) is 11.4. The lowest BCUT2D eigenvalue weighted by molar-refractivity contribution is -0.137. The summed E-state index contributed by atoms with van der Waals surface area (Å²) in [5, 5.41) is 2.76. The summed E-state index contributed by atoms with van der Waals surface area (Å²) in [5.74, 6) is -0.530. The van der Waals surface area contributed by atoms with Crippen molar-refractivity contribution in [3.05, 3.63) is 101 Å². The minimum atomic E-state index is -4.38. The lowest BCUT2D eigenvalue weighted by atomic mass is 10.0. The Kier molecular flexibility index (Phi) is 6.87. The molecule has 0 spiro atoms. The van der Waals surface area contributed by atoms with Gasteiger partial charge in [-0.25, -0.2) is 0 Å². The molecule has 31 heavy (non-hydrogen) atoms. The van der Waals surface area contributed by atoms with Crippen LogP contribution in [-0.4, -0.2) is 30.2 Å². The lowest BCUT2D eigenvalue weighted by Crippen LogP contribution is -2.30. The molecule has 3 rings (SSSR count). The van der Waals surface area contributed by atoms with Crippen LogP contribution in [0.5, 0.6) is 0 Å². The highest BCUT2D eigenvalue weighted by molar-refractivity contribution is 6.13. The number of para-hydroxylation sites is 1. The Hall–Kier alpha value is -3.45. The van der Waals surface area contributed by atoms with Crippen molar-refractivity contribution in [2.24, 2.45) is 0 Å². The third-order valence-corrected chi connectivity index (χ3v) is 4.63. The molecular formula is C24H21F3N2O2. The molecule has 0 bridgehead atoms. The van der Waals surface area contributed by atoms with E-state index in [1.54, 1.807) is 60.5 Å². The summed E-state index contributed by atoms with van der Waals surface area (Å²) in [4.78, 5) is 26.9. The van der Waals surface area contributed by atoms with E-state index in [-0.39, 0.29) is 18.2 Å². The van der Waals surface area contributed by atoms with Gasteiger partial charge < -0.3 is 5.32 Å². The van der Waals surface area contributed by atoms with Gasteiger partial charge in [0.25, 0.3) is 0 Å². The van der Waals surface area contributed by atoms with Crippen molar-refractivity contribution in [1.82, 2.24) is 4.90 Å². The van der Waals surface area contributed by atoms with Crippen LogP contribution in [0.25, 0.3) is 0 Å². The van der Waals surface area contributed by atoms with Crippen molar-refractivity contribution in [2.45, 2.75) is 12.7 Å². The number of ketones is 1. The summed E-state index contributed by atoms with van der Waals surface area (Å²) in [6.07, 6.45) is -4.38. The minimum Gasteiger partial charge on any atom is -0.324 e. The molecule has 0 aliphatic rings. The van der Waals surface area contributed by atoms with E-state index in [9.17, 15) is 22.8 Å². The van der Waals surface area contributed by atoms with Gasteiger partial charge in [0.2, 0.25) is 5.91 Å². The van der Waals surface area contributed by atoms with Crippen LogP contribution in [0.4, 0.5) is 18.9 Å². The second-order valence-corrected chi connectivity index (χ2v) is 7.16. The molecule has 0 fully saturated rings. The SMILES string of the molecule is CN(CC(=O)Nc1ccccc1C(=O)c1ccccc1)Cc1ccc(C(F)(F)F)cc1. The average molecular weight is 426 g/mol. The summed E-state index contributed by atoms with van der Waals surface area (Å²) < 4.78 is 38.0. The highest BCUT2D eigenvalue weighted by atomic mass is 19.4.